The summed E-state index contributed by atoms with van der Waals surface area (Å²) in [5.41, 5.74) is 0.867. The summed E-state index contributed by atoms with van der Waals surface area (Å²) in [5, 5.41) is 12.8. The van der Waals surface area contributed by atoms with E-state index in [1.807, 2.05) is 42.5 Å². The summed E-state index contributed by atoms with van der Waals surface area (Å²) in [5.74, 6) is -1.17. The van der Waals surface area contributed by atoms with Crippen LogP contribution in [-0.4, -0.2) is 47.9 Å². The van der Waals surface area contributed by atoms with Gasteiger partial charge in [0.15, 0.2) is 6.10 Å². The zero-order valence-corrected chi connectivity index (χ0v) is 18.4. The summed E-state index contributed by atoms with van der Waals surface area (Å²) in [6, 6.07) is 7.56. The highest BCUT2D eigenvalue weighted by atomic mass is 35.5. The summed E-state index contributed by atoms with van der Waals surface area (Å²) in [6.07, 6.45) is 6.04. The molecule has 0 aromatic heterocycles. The number of hydrogen-bond acceptors (Lipinski definition) is 4. The molecule has 0 saturated carbocycles. The lowest BCUT2D eigenvalue weighted by Crippen LogP contribution is -2.46. The summed E-state index contributed by atoms with van der Waals surface area (Å²) in [7, 11) is 0. The molecule has 0 aliphatic heterocycles. The van der Waals surface area contributed by atoms with E-state index in [-0.39, 0.29) is 12.0 Å². The number of aliphatic carboxylic acids is 1. The molecule has 1 aliphatic carbocycles. The Morgan fingerprint density at radius 1 is 1.33 bits per heavy atom. The molecule has 0 saturated heterocycles. The minimum Gasteiger partial charge on any atom is -0.479 e. The first kappa shape index (κ1) is 24.1. The number of nitrogens with one attached hydrogen (secondary N) is 1. The first-order valence-corrected chi connectivity index (χ1v) is 10.5. The number of carboxylic acid groups (broad SMARTS) is 1. The van der Waals surface area contributed by atoms with Gasteiger partial charge >= 0.3 is 5.97 Å². The maximum atomic E-state index is 12.6. The highest BCUT2D eigenvalue weighted by molar-refractivity contribution is 6.31. The van der Waals surface area contributed by atoms with Gasteiger partial charge in [-0.25, -0.2) is 4.79 Å². The molecule has 1 aliphatic rings. The molecule has 2 rings (SSSR count). The fourth-order valence-electron chi connectivity index (χ4n) is 3.17. The average Bonchev–Trinajstić information content (AvgIpc) is 2.70. The van der Waals surface area contributed by atoms with E-state index in [2.05, 4.69) is 5.32 Å². The second-order valence-electron chi connectivity index (χ2n) is 7.62. The van der Waals surface area contributed by atoms with E-state index < -0.39 is 17.7 Å². The summed E-state index contributed by atoms with van der Waals surface area (Å²) < 4.78 is 11.3. The van der Waals surface area contributed by atoms with Crippen molar-refractivity contribution in [1.29, 1.82) is 0 Å². The maximum Gasteiger partial charge on any atom is 0.333 e. The van der Waals surface area contributed by atoms with Gasteiger partial charge < -0.3 is 19.9 Å². The standard InChI is InChI=1S/C23H30ClNO5/c1-4-29-20(21(26)27)15-16-9-11-18(12-10-16)30-23(2,3)22(28)25-14-13-17-7-5-6-8-19(17)24/h5-11,18,20H,4,12-15H2,1-3H3,(H,25,28)(H,26,27)/t18?,20-/m0/s1. The number of halogens is 1. The van der Waals surface area contributed by atoms with Crippen molar-refractivity contribution in [3.05, 3.63) is 58.7 Å². The minimum atomic E-state index is -1.00. The fourth-order valence-corrected chi connectivity index (χ4v) is 3.40. The molecule has 2 atom stereocenters. The van der Waals surface area contributed by atoms with Gasteiger partial charge in [0, 0.05) is 24.6 Å². The van der Waals surface area contributed by atoms with Crippen molar-refractivity contribution in [2.24, 2.45) is 0 Å². The van der Waals surface area contributed by atoms with Crippen molar-refractivity contribution in [1.82, 2.24) is 5.32 Å². The SMILES string of the molecule is CCO[C@@H](CC1=CCC(OC(C)(C)C(=O)NCCc2ccccc2Cl)C=C1)C(=O)O. The lowest BCUT2D eigenvalue weighted by atomic mass is 9.99. The number of rotatable bonds is 11. The van der Waals surface area contributed by atoms with Crippen LogP contribution in [0.3, 0.4) is 0 Å². The van der Waals surface area contributed by atoms with E-state index in [1.54, 1.807) is 20.8 Å². The van der Waals surface area contributed by atoms with Crippen LogP contribution in [0, 0.1) is 0 Å². The van der Waals surface area contributed by atoms with Crippen LogP contribution in [0.15, 0.2) is 48.1 Å². The van der Waals surface area contributed by atoms with Crippen LogP contribution in [-0.2, 0) is 25.5 Å². The number of ether oxygens (including phenoxy) is 2. The first-order valence-electron chi connectivity index (χ1n) is 10.1. The fraction of sp³-hybridized carbons (Fsp3) is 0.478. The first-order chi connectivity index (χ1) is 14.2. The minimum absolute atomic E-state index is 0.194. The van der Waals surface area contributed by atoms with Crippen molar-refractivity contribution in [2.45, 2.75) is 57.8 Å². The Balaban J connectivity index is 1.81. The van der Waals surface area contributed by atoms with Crippen LogP contribution < -0.4 is 5.32 Å². The van der Waals surface area contributed by atoms with Crippen molar-refractivity contribution in [3.8, 4) is 0 Å². The Hall–Kier alpha value is -2.15. The van der Waals surface area contributed by atoms with Crippen molar-refractivity contribution in [2.75, 3.05) is 13.2 Å². The van der Waals surface area contributed by atoms with Crippen LogP contribution in [0.1, 0.15) is 39.2 Å². The molecule has 0 bridgehead atoms. The molecule has 164 valence electrons. The lowest BCUT2D eigenvalue weighted by molar-refractivity contribution is -0.150. The van der Waals surface area contributed by atoms with Crippen LogP contribution in [0.4, 0.5) is 0 Å². The zero-order valence-electron chi connectivity index (χ0n) is 17.7. The second-order valence-corrected chi connectivity index (χ2v) is 8.03. The number of hydrogen-bond donors (Lipinski definition) is 2. The molecule has 2 N–H and O–H groups in total. The predicted molar refractivity (Wildman–Crippen MR) is 117 cm³/mol. The molecular formula is C23H30ClNO5. The highest BCUT2D eigenvalue weighted by Gasteiger charge is 2.31. The maximum absolute atomic E-state index is 12.6. The van der Waals surface area contributed by atoms with E-state index in [1.165, 1.54) is 0 Å². The van der Waals surface area contributed by atoms with Gasteiger partial charge in [-0.05, 0) is 50.8 Å². The molecule has 1 unspecified atom stereocenters. The molecule has 0 radical (unpaired) electrons. The molecule has 7 heteroatoms. The topological polar surface area (TPSA) is 84.9 Å². The Kier molecular flexibility index (Phi) is 9.08. The Morgan fingerprint density at radius 3 is 2.67 bits per heavy atom. The van der Waals surface area contributed by atoms with Crippen LogP contribution in [0.25, 0.3) is 0 Å². The summed E-state index contributed by atoms with van der Waals surface area (Å²) >= 11 is 6.15. The van der Waals surface area contributed by atoms with Crippen molar-refractivity contribution in [3.63, 3.8) is 0 Å². The second kappa shape index (κ2) is 11.3. The molecular weight excluding hydrogens is 406 g/mol. The predicted octanol–water partition coefficient (Wildman–Crippen LogP) is 3.93. The van der Waals surface area contributed by atoms with E-state index >= 15 is 0 Å². The van der Waals surface area contributed by atoms with Gasteiger partial charge in [-0.1, -0.05) is 48.0 Å². The third kappa shape index (κ3) is 7.27. The van der Waals surface area contributed by atoms with Gasteiger partial charge in [0.25, 0.3) is 5.91 Å². The van der Waals surface area contributed by atoms with Gasteiger partial charge in [-0.3, -0.25) is 4.79 Å². The van der Waals surface area contributed by atoms with Crippen LogP contribution in [0.2, 0.25) is 5.02 Å². The van der Waals surface area contributed by atoms with Gasteiger partial charge in [0.05, 0.1) is 6.10 Å². The van der Waals surface area contributed by atoms with Gasteiger partial charge in [-0.15, -0.1) is 0 Å². The number of benzene rings is 1. The van der Waals surface area contributed by atoms with Gasteiger partial charge in [-0.2, -0.15) is 0 Å². The smallest absolute Gasteiger partial charge is 0.333 e. The van der Waals surface area contributed by atoms with E-state index in [0.29, 0.717) is 37.4 Å². The lowest BCUT2D eigenvalue weighted by Gasteiger charge is -2.29. The largest absolute Gasteiger partial charge is 0.479 e. The van der Waals surface area contributed by atoms with Crippen LogP contribution >= 0.6 is 11.6 Å². The number of amides is 1. The Bertz CT molecular complexity index is 803. The molecule has 30 heavy (non-hydrogen) atoms. The Morgan fingerprint density at radius 2 is 2.07 bits per heavy atom. The quantitative estimate of drug-likeness (QED) is 0.550. The van der Waals surface area contributed by atoms with Crippen molar-refractivity contribution >= 4 is 23.5 Å². The molecule has 0 spiro atoms. The molecule has 1 aromatic carbocycles. The van der Waals surface area contributed by atoms with E-state index in [4.69, 9.17) is 21.1 Å². The summed E-state index contributed by atoms with van der Waals surface area (Å²) in [4.78, 5) is 23.8. The number of carbonyl (C=O) groups excluding carboxylic acids is 1. The van der Waals surface area contributed by atoms with Crippen LogP contribution in [0.5, 0.6) is 0 Å². The Labute approximate surface area is 182 Å². The monoisotopic (exact) mass is 435 g/mol. The normalized spacial score (nSPS) is 17.3. The average molecular weight is 436 g/mol. The number of allylic oxidation sites excluding steroid dienone is 1. The third-order valence-corrected chi connectivity index (χ3v) is 5.20. The molecule has 1 amide bonds. The number of carbonyl (C=O) groups is 2. The van der Waals surface area contributed by atoms with Gasteiger partial charge in [0.1, 0.15) is 5.60 Å². The van der Waals surface area contributed by atoms with E-state index in [9.17, 15) is 14.7 Å². The van der Waals surface area contributed by atoms with Crippen molar-refractivity contribution < 1.29 is 24.2 Å². The number of carboxylic acids is 1. The molecule has 0 fully saturated rings. The summed E-state index contributed by atoms with van der Waals surface area (Å²) in [6.45, 7) is 6.06. The van der Waals surface area contributed by atoms with Gasteiger partial charge in [0.2, 0.25) is 0 Å². The highest BCUT2D eigenvalue weighted by Crippen LogP contribution is 2.23. The zero-order chi connectivity index (χ0) is 22.1. The van der Waals surface area contributed by atoms with E-state index in [0.717, 1.165) is 11.1 Å². The molecule has 1 aromatic rings. The third-order valence-electron chi connectivity index (χ3n) is 4.83. The molecule has 6 nitrogen and oxygen atoms in total. The molecule has 0 heterocycles.